The quantitative estimate of drug-likeness (QED) is 0.884. The smallest absolute Gasteiger partial charge is 0.241 e. The van der Waals surface area contributed by atoms with Crippen LogP contribution in [0.15, 0.2) is 45.9 Å². The van der Waals surface area contributed by atoms with Crippen molar-refractivity contribution in [3.63, 3.8) is 0 Å². The zero-order chi connectivity index (χ0) is 14.7. The molecule has 1 aliphatic rings. The summed E-state index contributed by atoms with van der Waals surface area (Å²) in [6, 6.07) is 8.41. The molecule has 8 heteroatoms. The lowest BCUT2D eigenvalue weighted by Gasteiger charge is -2.23. The van der Waals surface area contributed by atoms with Crippen molar-refractivity contribution in [3.05, 3.63) is 36.5 Å². The fourth-order valence-electron chi connectivity index (χ4n) is 2.48. The molecule has 0 saturated carbocycles. The average Bonchev–Trinajstić information content (AvgIpc) is 3.02. The number of rotatable bonds is 4. The summed E-state index contributed by atoms with van der Waals surface area (Å²) in [6.45, 7) is 1.66. The van der Waals surface area contributed by atoms with Gasteiger partial charge in [0, 0.05) is 17.7 Å². The van der Waals surface area contributed by atoms with Crippen LogP contribution in [-0.2, 0) is 10.0 Å². The molecule has 22 heavy (non-hydrogen) atoms. The number of sulfonamides is 1. The molecule has 1 aliphatic heterocycles. The number of aromatic nitrogens is 1. The van der Waals surface area contributed by atoms with E-state index in [2.05, 4.69) is 15.2 Å². The van der Waals surface area contributed by atoms with Crippen LogP contribution in [0.1, 0.15) is 12.8 Å². The highest BCUT2D eigenvalue weighted by molar-refractivity contribution is 7.89. The van der Waals surface area contributed by atoms with Crippen molar-refractivity contribution in [1.82, 2.24) is 15.2 Å². The van der Waals surface area contributed by atoms with Gasteiger partial charge in [0.15, 0.2) is 5.76 Å². The Kier molecular flexibility index (Phi) is 5.57. The van der Waals surface area contributed by atoms with E-state index in [0.29, 0.717) is 11.3 Å². The number of nitrogens with zero attached hydrogens (tertiary/aromatic N) is 1. The highest BCUT2D eigenvalue weighted by Crippen LogP contribution is 2.27. The van der Waals surface area contributed by atoms with E-state index in [9.17, 15) is 8.42 Å². The molecular formula is C14H18ClN3O3S. The van der Waals surface area contributed by atoms with E-state index in [1.54, 1.807) is 30.3 Å². The van der Waals surface area contributed by atoms with Crippen LogP contribution in [0, 0.1) is 0 Å². The van der Waals surface area contributed by atoms with E-state index < -0.39 is 10.0 Å². The maximum atomic E-state index is 12.6. The summed E-state index contributed by atoms with van der Waals surface area (Å²) < 4.78 is 33.1. The van der Waals surface area contributed by atoms with Gasteiger partial charge in [-0.15, -0.1) is 12.4 Å². The van der Waals surface area contributed by atoms with Crippen molar-refractivity contribution in [2.45, 2.75) is 23.8 Å². The van der Waals surface area contributed by atoms with Crippen molar-refractivity contribution in [2.75, 3.05) is 13.1 Å². The van der Waals surface area contributed by atoms with Crippen LogP contribution in [0.3, 0.4) is 0 Å². The van der Waals surface area contributed by atoms with E-state index >= 15 is 0 Å². The van der Waals surface area contributed by atoms with Crippen LogP contribution >= 0.6 is 12.4 Å². The predicted molar refractivity (Wildman–Crippen MR) is 85.4 cm³/mol. The third kappa shape index (κ3) is 3.67. The zero-order valence-electron chi connectivity index (χ0n) is 11.9. The molecule has 0 spiro atoms. The van der Waals surface area contributed by atoms with Crippen LogP contribution in [0.25, 0.3) is 11.3 Å². The maximum Gasteiger partial charge on any atom is 0.241 e. The van der Waals surface area contributed by atoms with E-state index in [0.717, 1.165) is 25.9 Å². The van der Waals surface area contributed by atoms with E-state index in [-0.39, 0.29) is 23.3 Å². The highest BCUT2D eigenvalue weighted by Gasteiger charge is 2.25. The molecule has 0 unspecified atom stereocenters. The monoisotopic (exact) mass is 343 g/mol. The molecule has 0 atom stereocenters. The van der Waals surface area contributed by atoms with Gasteiger partial charge in [-0.3, -0.25) is 0 Å². The molecule has 120 valence electrons. The number of benzene rings is 1. The molecule has 1 aromatic carbocycles. The Bertz CT molecular complexity index is 698. The first-order chi connectivity index (χ1) is 10.2. The standard InChI is InChI=1S/C14H17N3O3S.ClH/c18-21(19,17-11-5-8-15-9-6-11)14-4-2-1-3-12(14)13-7-10-16-20-13;/h1-4,7,10-11,15,17H,5-6,8-9H2;1H. The lowest BCUT2D eigenvalue weighted by molar-refractivity contribution is 0.425. The molecule has 2 aromatic rings. The second-order valence-electron chi connectivity index (χ2n) is 5.02. The molecule has 0 radical (unpaired) electrons. The van der Waals surface area contributed by atoms with Crippen molar-refractivity contribution < 1.29 is 12.9 Å². The molecule has 0 amide bonds. The van der Waals surface area contributed by atoms with E-state index in [4.69, 9.17) is 4.52 Å². The van der Waals surface area contributed by atoms with Crippen molar-refractivity contribution >= 4 is 22.4 Å². The minimum absolute atomic E-state index is 0. The van der Waals surface area contributed by atoms with Gasteiger partial charge in [-0.1, -0.05) is 17.3 Å². The molecule has 1 fully saturated rings. The van der Waals surface area contributed by atoms with Gasteiger partial charge in [0.2, 0.25) is 10.0 Å². The van der Waals surface area contributed by atoms with Crippen molar-refractivity contribution in [2.24, 2.45) is 0 Å². The zero-order valence-corrected chi connectivity index (χ0v) is 13.5. The Balaban J connectivity index is 0.00000176. The predicted octanol–water partition coefficient (Wildman–Crippen LogP) is 1.79. The molecular weight excluding hydrogens is 326 g/mol. The van der Waals surface area contributed by atoms with Gasteiger partial charge in [-0.2, -0.15) is 0 Å². The molecule has 3 rings (SSSR count). The minimum Gasteiger partial charge on any atom is -0.356 e. The van der Waals surface area contributed by atoms with Gasteiger partial charge in [0.25, 0.3) is 0 Å². The van der Waals surface area contributed by atoms with Gasteiger partial charge in [-0.05, 0) is 38.1 Å². The molecule has 0 aliphatic carbocycles. The molecule has 2 heterocycles. The second kappa shape index (κ2) is 7.23. The number of nitrogens with one attached hydrogen (secondary N) is 2. The number of hydrogen-bond acceptors (Lipinski definition) is 5. The number of piperidine rings is 1. The molecule has 2 N–H and O–H groups in total. The summed E-state index contributed by atoms with van der Waals surface area (Å²) in [5, 5.41) is 6.85. The lowest BCUT2D eigenvalue weighted by atomic mass is 10.1. The summed E-state index contributed by atoms with van der Waals surface area (Å²) >= 11 is 0. The SMILES string of the molecule is Cl.O=S(=O)(NC1CCNCC1)c1ccccc1-c1ccno1. The first-order valence-electron chi connectivity index (χ1n) is 6.90. The van der Waals surface area contributed by atoms with Gasteiger partial charge >= 0.3 is 0 Å². The third-order valence-electron chi connectivity index (χ3n) is 3.54. The normalized spacial score (nSPS) is 16.2. The summed E-state index contributed by atoms with van der Waals surface area (Å²) in [6.07, 6.45) is 3.09. The highest BCUT2D eigenvalue weighted by atomic mass is 35.5. The largest absolute Gasteiger partial charge is 0.356 e. The Hall–Kier alpha value is -1.41. The minimum atomic E-state index is -3.58. The Morgan fingerprint density at radius 2 is 1.91 bits per heavy atom. The average molecular weight is 344 g/mol. The third-order valence-corrected chi connectivity index (χ3v) is 5.12. The molecule has 6 nitrogen and oxygen atoms in total. The summed E-state index contributed by atoms with van der Waals surface area (Å²) in [5.74, 6) is 0.446. The van der Waals surface area contributed by atoms with E-state index in [1.807, 2.05) is 0 Å². The fourth-order valence-corrected chi connectivity index (χ4v) is 4.00. The van der Waals surface area contributed by atoms with Crippen LogP contribution < -0.4 is 10.0 Å². The van der Waals surface area contributed by atoms with Crippen molar-refractivity contribution in [3.8, 4) is 11.3 Å². The van der Waals surface area contributed by atoms with Gasteiger partial charge < -0.3 is 9.84 Å². The first-order valence-corrected chi connectivity index (χ1v) is 8.38. The van der Waals surface area contributed by atoms with E-state index in [1.165, 1.54) is 6.20 Å². The van der Waals surface area contributed by atoms with Crippen LogP contribution in [0.4, 0.5) is 0 Å². The fraction of sp³-hybridized carbons (Fsp3) is 0.357. The van der Waals surface area contributed by atoms with Crippen molar-refractivity contribution in [1.29, 1.82) is 0 Å². The van der Waals surface area contributed by atoms with Gasteiger partial charge in [0.1, 0.15) is 0 Å². The number of halogens is 1. The first kappa shape index (κ1) is 17.0. The van der Waals surface area contributed by atoms with Crippen LogP contribution in [0.2, 0.25) is 0 Å². The molecule has 1 saturated heterocycles. The summed E-state index contributed by atoms with van der Waals surface area (Å²) in [4.78, 5) is 0.222. The lowest BCUT2D eigenvalue weighted by Crippen LogP contribution is -2.42. The summed E-state index contributed by atoms with van der Waals surface area (Å²) in [7, 11) is -3.58. The van der Waals surface area contributed by atoms with Crippen LogP contribution in [-0.4, -0.2) is 32.7 Å². The second-order valence-corrected chi connectivity index (χ2v) is 6.70. The Labute approximate surface area is 135 Å². The summed E-state index contributed by atoms with van der Waals surface area (Å²) in [5.41, 5.74) is 0.524. The number of hydrogen-bond donors (Lipinski definition) is 2. The van der Waals surface area contributed by atoms with Gasteiger partial charge in [0.05, 0.1) is 11.1 Å². The molecule has 1 aromatic heterocycles. The maximum absolute atomic E-state index is 12.6. The van der Waals surface area contributed by atoms with Crippen LogP contribution in [0.5, 0.6) is 0 Å². The molecule has 0 bridgehead atoms. The Morgan fingerprint density at radius 1 is 1.18 bits per heavy atom. The van der Waals surface area contributed by atoms with Gasteiger partial charge in [-0.25, -0.2) is 13.1 Å². The Morgan fingerprint density at radius 3 is 2.59 bits per heavy atom. The topological polar surface area (TPSA) is 84.2 Å².